The predicted octanol–water partition coefficient (Wildman–Crippen LogP) is 4.79. The summed E-state index contributed by atoms with van der Waals surface area (Å²) in [6.07, 6.45) is 0.859. The molecule has 0 saturated carbocycles. The zero-order valence-corrected chi connectivity index (χ0v) is 15.8. The Morgan fingerprint density at radius 2 is 1.92 bits per heavy atom. The van der Waals surface area contributed by atoms with Crippen molar-refractivity contribution in [3.05, 3.63) is 59.0 Å². The van der Waals surface area contributed by atoms with Crippen molar-refractivity contribution >= 4 is 28.0 Å². The lowest BCUT2D eigenvalue weighted by Crippen LogP contribution is -2.13. The lowest BCUT2D eigenvalue weighted by molar-refractivity contribution is -0.116. The Balaban J connectivity index is 1.75. The van der Waals surface area contributed by atoms with Crippen LogP contribution in [-0.4, -0.2) is 16.8 Å². The Hall–Kier alpha value is -2.73. The van der Waals surface area contributed by atoms with E-state index in [1.54, 1.807) is 0 Å². The molecule has 134 valence electrons. The number of benzene rings is 1. The molecule has 0 radical (unpaired) electrons. The number of aryl methyl sites for hydroxylation is 2. The number of Topliss-reactive ketones (excluding diaryl/α,β-unsaturated/α-hetero) is 1. The van der Waals surface area contributed by atoms with Gasteiger partial charge in [-0.15, -0.1) is 11.3 Å². The Kier molecular flexibility index (Phi) is 5.32. The summed E-state index contributed by atoms with van der Waals surface area (Å²) in [4.78, 5) is 25.3. The van der Waals surface area contributed by atoms with Crippen molar-refractivity contribution in [2.24, 2.45) is 0 Å². The largest absolute Gasteiger partial charge is 0.361 e. The molecule has 2 aromatic heterocycles. The second kappa shape index (κ2) is 7.66. The minimum absolute atomic E-state index is 0.0653. The molecule has 1 aromatic carbocycles. The van der Waals surface area contributed by atoms with E-state index in [9.17, 15) is 9.59 Å². The molecule has 0 unspecified atom stereocenters. The Morgan fingerprint density at radius 1 is 1.19 bits per heavy atom. The van der Waals surface area contributed by atoms with Gasteiger partial charge in [0.1, 0.15) is 10.8 Å². The molecule has 6 heteroatoms. The topological polar surface area (TPSA) is 72.2 Å². The summed E-state index contributed by atoms with van der Waals surface area (Å²) in [5, 5.41) is 7.39. The van der Waals surface area contributed by atoms with Crippen molar-refractivity contribution in [2.75, 3.05) is 5.32 Å². The highest BCUT2D eigenvalue weighted by molar-refractivity contribution is 7.20. The third-order valence-corrected chi connectivity index (χ3v) is 5.31. The first-order valence-corrected chi connectivity index (χ1v) is 9.19. The molecule has 0 aliphatic carbocycles. The number of nitrogens with zero attached hydrogens (tertiary/aromatic N) is 1. The van der Waals surface area contributed by atoms with Crippen molar-refractivity contribution in [3.8, 4) is 10.4 Å². The molecule has 0 atom stereocenters. The lowest BCUT2D eigenvalue weighted by atomic mass is 10.1. The molecule has 0 fully saturated rings. The quantitative estimate of drug-likeness (QED) is 0.635. The van der Waals surface area contributed by atoms with Crippen LogP contribution in [0.15, 0.2) is 40.9 Å². The van der Waals surface area contributed by atoms with Gasteiger partial charge >= 0.3 is 0 Å². The molecular weight excluding hydrogens is 348 g/mol. The van der Waals surface area contributed by atoms with Crippen LogP contribution in [0, 0.1) is 13.8 Å². The predicted molar refractivity (Wildman–Crippen MR) is 103 cm³/mol. The van der Waals surface area contributed by atoms with E-state index in [-0.39, 0.29) is 11.7 Å². The third kappa shape index (κ3) is 3.91. The van der Waals surface area contributed by atoms with Crippen molar-refractivity contribution in [3.63, 3.8) is 0 Å². The van der Waals surface area contributed by atoms with E-state index in [2.05, 4.69) is 10.5 Å². The maximum absolute atomic E-state index is 12.4. The fourth-order valence-corrected chi connectivity index (χ4v) is 3.90. The summed E-state index contributed by atoms with van der Waals surface area (Å²) in [5.41, 5.74) is 3.33. The second-order valence-corrected chi connectivity index (χ2v) is 7.18. The molecule has 0 spiro atoms. The number of thiophene rings is 1. The van der Waals surface area contributed by atoms with Crippen LogP contribution in [0.3, 0.4) is 0 Å². The summed E-state index contributed by atoms with van der Waals surface area (Å²) in [5.74, 6) is 0.542. The number of amides is 1. The standard InChI is InChI=1S/C20H20N2O3S/c1-12-16(14(3)25-22-12)9-10-19(24)21-20-17(13(2)23)11-18(26-20)15-7-5-4-6-8-15/h4-8,11H,9-10H2,1-3H3,(H,21,24). The molecule has 0 bridgehead atoms. The summed E-state index contributed by atoms with van der Waals surface area (Å²) in [7, 11) is 0. The highest BCUT2D eigenvalue weighted by Crippen LogP contribution is 2.35. The Labute approximate surface area is 156 Å². The fraction of sp³-hybridized carbons (Fsp3) is 0.250. The van der Waals surface area contributed by atoms with Crippen molar-refractivity contribution in [1.29, 1.82) is 0 Å². The van der Waals surface area contributed by atoms with Crippen LogP contribution in [0.2, 0.25) is 0 Å². The maximum atomic E-state index is 12.4. The van der Waals surface area contributed by atoms with Crippen LogP contribution in [0.25, 0.3) is 10.4 Å². The van der Waals surface area contributed by atoms with Gasteiger partial charge in [-0.1, -0.05) is 35.5 Å². The van der Waals surface area contributed by atoms with E-state index in [0.29, 0.717) is 23.4 Å². The summed E-state index contributed by atoms with van der Waals surface area (Å²) in [6.45, 7) is 5.21. The van der Waals surface area contributed by atoms with Crippen LogP contribution in [0.4, 0.5) is 5.00 Å². The highest BCUT2D eigenvalue weighted by Gasteiger charge is 2.17. The van der Waals surface area contributed by atoms with Crippen LogP contribution in [0.5, 0.6) is 0 Å². The fourth-order valence-electron chi connectivity index (χ4n) is 2.78. The van der Waals surface area contributed by atoms with Gasteiger partial charge in [-0.05, 0) is 38.8 Å². The van der Waals surface area contributed by atoms with E-state index in [1.165, 1.54) is 18.3 Å². The number of carbonyl (C=O) groups excluding carboxylic acids is 2. The van der Waals surface area contributed by atoms with Gasteiger partial charge in [0.15, 0.2) is 5.78 Å². The first-order chi connectivity index (χ1) is 12.5. The summed E-state index contributed by atoms with van der Waals surface area (Å²) >= 11 is 1.42. The van der Waals surface area contributed by atoms with Gasteiger partial charge in [-0.25, -0.2) is 0 Å². The molecule has 1 amide bonds. The smallest absolute Gasteiger partial charge is 0.225 e. The van der Waals surface area contributed by atoms with Gasteiger partial charge in [-0.3, -0.25) is 9.59 Å². The van der Waals surface area contributed by atoms with Gasteiger partial charge < -0.3 is 9.84 Å². The van der Waals surface area contributed by atoms with E-state index in [0.717, 1.165) is 27.5 Å². The molecular formula is C20H20N2O3S. The van der Waals surface area contributed by atoms with Crippen LogP contribution in [0.1, 0.15) is 40.7 Å². The van der Waals surface area contributed by atoms with E-state index >= 15 is 0 Å². The minimum atomic E-state index is -0.131. The van der Waals surface area contributed by atoms with Gasteiger partial charge in [0.2, 0.25) is 5.91 Å². The number of ketones is 1. The zero-order chi connectivity index (χ0) is 18.7. The number of hydrogen-bond acceptors (Lipinski definition) is 5. The van der Waals surface area contributed by atoms with Gasteiger partial charge in [0.25, 0.3) is 0 Å². The van der Waals surface area contributed by atoms with Crippen molar-refractivity contribution in [1.82, 2.24) is 5.16 Å². The number of aromatic nitrogens is 1. The average Bonchev–Trinajstić information content (AvgIpc) is 3.18. The average molecular weight is 368 g/mol. The summed E-state index contributed by atoms with van der Waals surface area (Å²) in [6, 6.07) is 11.7. The van der Waals surface area contributed by atoms with Gasteiger partial charge in [0.05, 0.1) is 11.3 Å². The van der Waals surface area contributed by atoms with Crippen LogP contribution in [-0.2, 0) is 11.2 Å². The second-order valence-electron chi connectivity index (χ2n) is 6.13. The molecule has 26 heavy (non-hydrogen) atoms. The normalized spacial score (nSPS) is 10.7. The third-order valence-electron chi connectivity index (χ3n) is 4.21. The number of rotatable bonds is 6. The number of hydrogen-bond donors (Lipinski definition) is 1. The van der Waals surface area contributed by atoms with E-state index < -0.39 is 0 Å². The van der Waals surface area contributed by atoms with Crippen LogP contribution >= 0.6 is 11.3 Å². The Morgan fingerprint density at radius 3 is 2.54 bits per heavy atom. The number of carbonyl (C=O) groups is 2. The van der Waals surface area contributed by atoms with Crippen LogP contribution < -0.4 is 5.32 Å². The molecule has 0 aliphatic heterocycles. The lowest BCUT2D eigenvalue weighted by Gasteiger charge is -2.04. The first-order valence-electron chi connectivity index (χ1n) is 8.37. The van der Waals surface area contributed by atoms with Crippen molar-refractivity contribution < 1.29 is 14.1 Å². The van der Waals surface area contributed by atoms with E-state index in [4.69, 9.17) is 4.52 Å². The highest BCUT2D eigenvalue weighted by atomic mass is 32.1. The van der Waals surface area contributed by atoms with Gasteiger partial charge in [0, 0.05) is 16.9 Å². The first kappa shape index (κ1) is 18.1. The molecule has 0 aliphatic rings. The summed E-state index contributed by atoms with van der Waals surface area (Å²) < 4.78 is 5.12. The zero-order valence-electron chi connectivity index (χ0n) is 15.0. The molecule has 1 N–H and O–H groups in total. The molecule has 0 saturated heterocycles. The molecule has 3 rings (SSSR count). The van der Waals surface area contributed by atoms with Gasteiger partial charge in [-0.2, -0.15) is 0 Å². The Bertz CT molecular complexity index is 922. The minimum Gasteiger partial charge on any atom is -0.361 e. The maximum Gasteiger partial charge on any atom is 0.225 e. The molecule has 2 heterocycles. The SMILES string of the molecule is CC(=O)c1cc(-c2ccccc2)sc1NC(=O)CCc1c(C)noc1C. The van der Waals surface area contributed by atoms with E-state index in [1.807, 2.05) is 50.2 Å². The number of anilines is 1. The molecule has 3 aromatic rings. The number of nitrogens with one attached hydrogen (secondary N) is 1. The van der Waals surface area contributed by atoms with Crippen molar-refractivity contribution in [2.45, 2.75) is 33.6 Å². The molecule has 5 nitrogen and oxygen atoms in total. The monoisotopic (exact) mass is 368 g/mol.